The standard InChI is InChI=1S/C35H37FN4O6.C30H29FN4O4/c1-4-8-30(41)44-23-45-34(43)35(33(42)39(2)3)17-19-40(20-18-35)22-24-11-13-26(14-12-24)31-37-32(46-38-31)27-15-16-28(29(36)21-27)25-9-6-5-7-10-25;1-34(2)28(36)30(29(37)38)14-16-35(17-15-30)19-20-8-10-22(11-9-20)26-32-27(39-33-26)23-12-13-24(25(31)18-23)21-6-4-3-5-7-21/h5-7,9-16,21H,4,8,17-20,22-23H2,1-3H3;3-13,18H,14-17,19H2,1-2H3,(H,37,38). The van der Waals surface area contributed by atoms with E-state index in [-0.39, 0.29) is 67.3 Å². The van der Waals surface area contributed by atoms with Crippen LogP contribution in [0.2, 0.25) is 0 Å². The lowest BCUT2D eigenvalue weighted by Crippen LogP contribution is -2.53. The first-order valence-corrected chi connectivity index (χ1v) is 28.0. The monoisotopic (exact) mass is 1160 g/mol. The average molecular weight is 1160 g/mol. The van der Waals surface area contributed by atoms with E-state index < -0.39 is 35.5 Å². The van der Waals surface area contributed by atoms with Gasteiger partial charge < -0.3 is 33.4 Å². The number of halogens is 2. The normalized spacial score (nSPS) is 14.8. The van der Waals surface area contributed by atoms with Crippen LogP contribution in [0.5, 0.6) is 0 Å². The first kappa shape index (κ1) is 60.3. The molecule has 0 saturated carbocycles. The molecular weight excluding hydrogens is 1090 g/mol. The number of piperidine rings is 2. The molecule has 85 heavy (non-hydrogen) atoms. The number of carbonyl (C=O) groups is 5. The number of carbonyl (C=O) groups excluding carboxylic acids is 4. The topological polar surface area (TPSA) is 215 Å². The fraction of sp³-hybridized carbons (Fsp3) is 0.308. The molecule has 2 saturated heterocycles. The van der Waals surface area contributed by atoms with E-state index in [1.165, 1.54) is 21.9 Å². The zero-order valence-corrected chi connectivity index (χ0v) is 48.0. The number of nitrogens with zero attached hydrogens (tertiary/aromatic N) is 8. The van der Waals surface area contributed by atoms with E-state index in [1.54, 1.807) is 52.5 Å². The van der Waals surface area contributed by atoms with Gasteiger partial charge in [0.15, 0.2) is 0 Å². The van der Waals surface area contributed by atoms with Crippen LogP contribution in [0.25, 0.3) is 67.9 Å². The third kappa shape index (κ3) is 14.1. The Morgan fingerprint density at radius 2 is 0.941 bits per heavy atom. The second-order valence-corrected chi connectivity index (χ2v) is 21.6. The minimum atomic E-state index is -1.36. The lowest BCUT2D eigenvalue weighted by molar-refractivity contribution is -0.181. The van der Waals surface area contributed by atoms with Crippen LogP contribution in [0.1, 0.15) is 56.6 Å². The van der Waals surface area contributed by atoms with Gasteiger partial charge >= 0.3 is 17.9 Å². The predicted octanol–water partition coefficient (Wildman–Crippen LogP) is 10.7. The van der Waals surface area contributed by atoms with E-state index in [2.05, 4.69) is 30.1 Å². The number of rotatable bonds is 18. The van der Waals surface area contributed by atoms with Crippen molar-refractivity contribution < 1.29 is 56.4 Å². The van der Waals surface area contributed by atoms with Crippen LogP contribution < -0.4 is 0 Å². The van der Waals surface area contributed by atoms with E-state index in [1.807, 2.05) is 116 Å². The SMILES string of the molecule is CCCC(=O)OCOC(=O)C1(C(=O)N(C)C)CCN(Cc2ccc(-c3noc(-c4ccc(-c5ccccc5)c(F)c4)n3)cc2)CC1.CN(C)C(=O)C1(C(=O)O)CCN(Cc2ccc(-c3noc(-c4ccc(-c5ccccc5)c(F)c4)n3)cc2)CC1. The van der Waals surface area contributed by atoms with E-state index in [0.29, 0.717) is 79.6 Å². The quantitative estimate of drug-likeness (QED) is 0.0480. The van der Waals surface area contributed by atoms with Gasteiger partial charge in [-0.1, -0.05) is 139 Å². The van der Waals surface area contributed by atoms with Gasteiger partial charge in [0.2, 0.25) is 30.3 Å². The van der Waals surface area contributed by atoms with Crippen LogP contribution in [0.3, 0.4) is 0 Å². The molecule has 10 rings (SSSR count). The molecule has 2 fully saturated rings. The van der Waals surface area contributed by atoms with Crippen molar-refractivity contribution >= 4 is 29.7 Å². The largest absolute Gasteiger partial charge is 0.480 e. The van der Waals surface area contributed by atoms with Crippen LogP contribution in [0.4, 0.5) is 8.78 Å². The summed E-state index contributed by atoms with van der Waals surface area (Å²) in [6.07, 6.45) is 1.97. The van der Waals surface area contributed by atoms with Crippen molar-refractivity contribution in [2.24, 2.45) is 10.8 Å². The van der Waals surface area contributed by atoms with Crippen LogP contribution >= 0.6 is 0 Å². The van der Waals surface area contributed by atoms with E-state index in [0.717, 1.165) is 33.4 Å². The van der Waals surface area contributed by atoms with Crippen LogP contribution in [0.15, 0.2) is 155 Å². The number of esters is 2. The highest BCUT2D eigenvalue weighted by Crippen LogP contribution is 2.38. The van der Waals surface area contributed by atoms with Crippen molar-refractivity contribution in [2.75, 3.05) is 61.2 Å². The molecule has 440 valence electrons. The second-order valence-electron chi connectivity index (χ2n) is 21.6. The van der Waals surface area contributed by atoms with Crippen LogP contribution in [0, 0.1) is 22.5 Å². The number of ether oxygens (including phenoxy) is 2. The lowest BCUT2D eigenvalue weighted by Gasteiger charge is -2.39. The molecule has 8 aromatic rings. The molecule has 1 N–H and O–H groups in total. The van der Waals surface area contributed by atoms with Gasteiger partial charge in [0.25, 0.3) is 11.8 Å². The highest BCUT2D eigenvalue weighted by Gasteiger charge is 2.51. The Labute approximate surface area is 491 Å². The molecule has 0 atom stereocenters. The van der Waals surface area contributed by atoms with Crippen LogP contribution in [-0.2, 0) is 46.5 Å². The van der Waals surface area contributed by atoms with Crippen LogP contribution in [-0.4, -0.2) is 136 Å². The molecule has 2 aromatic heterocycles. The summed E-state index contributed by atoms with van der Waals surface area (Å²) in [5, 5.41) is 17.9. The molecule has 6 aromatic carbocycles. The van der Waals surface area contributed by atoms with Crippen molar-refractivity contribution in [1.29, 1.82) is 0 Å². The number of amides is 2. The minimum absolute atomic E-state index is 0.222. The summed E-state index contributed by atoms with van der Waals surface area (Å²) in [5.74, 6) is -2.36. The molecule has 0 radical (unpaired) electrons. The minimum Gasteiger partial charge on any atom is -0.480 e. The van der Waals surface area contributed by atoms with Crippen molar-refractivity contribution in [2.45, 2.75) is 58.5 Å². The summed E-state index contributed by atoms with van der Waals surface area (Å²) in [4.78, 5) is 78.4. The highest BCUT2D eigenvalue weighted by atomic mass is 19.1. The predicted molar refractivity (Wildman–Crippen MR) is 312 cm³/mol. The Morgan fingerprint density at radius 1 is 0.541 bits per heavy atom. The molecule has 2 aliphatic rings. The number of carboxylic acids is 1. The third-order valence-electron chi connectivity index (χ3n) is 15.4. The maximum Gasteiger partial charge on any atom is 0.324 e. The summed E-state index contributed by atoms with van der Waals surface area (Å²) >= 11 is 0. The first-order valence-electron chi connectivity index (χ1n) is 28.0. The van der Waals surface area contributed by atoms with Gasteiger partial charge in [-0.25, -0.2) is 8.78 Å². The summed E-state index contributed by atoms with van der Waals surface area (Å²) in [5.41, 5.74) is 4.45. The summed E-state index contributed by atoms with van der Waals surface area (Å²) in [7, 11) is 6.40. The number of aliphatic carboxylic acids is 1. The molecule has 4 heterocycles. The molecule has 0 spiro atoms. The number of hydrogen-bond acceptors (Lipinski definition) is 15. The zero-order valence-electron chi connectivity index (χ0n) is 48.0. The molecule has 0 unspecified atom stereocenters. The Hall–Kier alpha value is -9.27. The average Bonchev–Trinajstić information content (AvgIpc) is 3.19. The molecule has 2 amide bonds. The van der Waals surface area contributed by atoms with E-state index in [4.69, 9.17) is 18.5 Å². The lowest BCUT2D eigenvalue weighted by atomic mass is 9.77. The van der Waals surface area contributed by atoms with Crippen molar-refractivity contribution in [3.8, 4) is 67.9 Å². The molecule has 2 aliphatic heterocycles. The van der Waals surface area contributed by atoms with Gasteiger partial charge in [0.05, 0.1) is 0 Å². The fourth-order valence-corrected chi connectivity index (χ4v) is 10.6. The van der Waals surface area contributed by atoms with Crippen molar-refractivity contribution in [1.82, 2.24) is 39.9 Å². The first-order chi connectivity index (χ1) is 41.0. The molecule has 18 nitrogen and oxygen atoms in total. The molecule has 20 heteroatoms. The maximum atomic E-state index is 14.9. The van der Waals surface area contributed by atoms with Crippen molar-refractivity contribution in [3.63, 3.8) is 0 Å². The summed E-state index contributed by atoms with van der Waals surface area (Å²) < 4.78 is 50.8. The Kier molecular flexibility index (Phi) is 19.1. The zero-order chi connectivity index (χ0) is 60.3. The Bertz CT molecular complexity index is 3620. The van der Waals surface area contributed by atoms with Crippen molar-refractivity contribution in [3.05, 3.63) is 168 Å². The van der Waals surface area contributed by atoms with Gasteiger partial charge in [-0.3, -0.25) is 33.8 Å². The Balaban J connectivity index is 0.000000206. The molecule has 0 bridgehead atoms. The molecule has 0 aliphatic carbocycles. The summed E-state index contributed by atoms with van der Waals surface area (Å²) in [6, 6.07) is 43.8. The second kappa shape index (κ2) is 27.0. The van der Waals surface area contributed by atoms with E-state index in [9.17, 15) is 37.9 Å². The van der Waals surface area contributed by atoms with E-state index >= 15 is 0 Å². The third-order valence-corrected chi connectivity index (χ3v) is 15.4. The smallest absolute Gasteiger partial charge is 0.324 e. The van der Waals surface area contributed by atoms with Gasteiger partial charge in [-0.15, -0.1) is 0 Å². The fourth-order valence-electron chi connectivity index (χ4n) is 10.6. The van der Waals surface area contributed by atoms with Gasteiger partial charge in [-0.05, 0) is 78.6 Å². The number of aromatic nitrogens is 4. The van der Waals surface area contributed by atoms with Gasteiger partial charge in [-0.2, -0.15) is 9.97 Å². The van der Waals surface area contributed by atoms with Gasteiger partial charge in [0, 0.05) is 107 Å². The number of likely N-dealkylation sites (tertiary alicyclic amines) is 2. The number of hydrogen-bond donors (Lipinski definition) is 1. The molecular formula is C65H66F2N8O10. The highest BCUT2D eigenvalue weighted by molar-refractivity contribution is 6.03. The number of carboxylic acid groups (broad SMARTS) is 1. The van der Waals surface area contributed by atoms with Gasteiger partial charge in [0.1, 0.15) is 22.5 Å². The number of benzene rings is 6. The maximum absolute atomic E-state index is 14.9. The summed E-state index contributed by atoms with van der Waals surface area (Å²) in [6.45, 7) is 4.62. The Morgan fingerprint density at radius 3 is 1.33 bits per heavy atom.